The molecule has 1 unspecified atom stereocenters. The van der Waals surface area contributed by atoms with E-state index in [1.165, 1.54) is 11.3 Å². The van der Waals surface area contributed by atoms with Gasteiger partial charge < -0.3 is 10.1 Å². The van der Waals surface area contributed by atoms with Gasteiger partial charge in [-0.05, 0) is 18.8 Å². The molecule has 0 radical (unpaired) electrons. The second-order valence-electron chi connectivity index (χ2n) is 3.65. The number of thiazole rings is 1. The van der Waals surface area contributed by atoms with E-state index in [2.05, 4.69) is 10.3 Å². The fourth-order valence-corrected chi connectivity index (χ4v) is 2.15. The summed E-state index contributed by atoms with van der Waals surface area (Å²) in [4.78, 5) is 15.4. The lowest BCUT2D eigenvalue weighted by atomic mass is 10.1. The summed E-state index contributed by atoms with van der Waals surface area (Å²) < 4.78 is 5.26. The van der Waals surface area contributed by atoms with Crippen LogP contribution in [0.5, 0.6) is 0 Å². The Hall–Kier alpha value is -0.940. The molecule has 0 aromatic carbocycles. The van der Waals surface area contributed by atoms with Crippen LogP contribution in [0.25, 0.3) is 0 Å². The van der Waals surface area contributed by atoms with Crippen molar-refractivity contribution < 1.29 is 9.53 Å². The second-order valence-corrected chi connectivity index (χ2v) is 4.37. The Morgan fingerprint density at radius 2 is 2.67 bits per heavy atom. The molecule has 1 aromatic rings. The van der Waals surface area contributed by atoms with Gasteiger partial charge in [-0.3, -0.25) is 4.79 Å². The molecule has 1 saturated heterocycles. The molecule has 5 heteroatoms. The minimum absolute atomic E-state index is 0.0739. The maximum Gasteiger partial charge on any atom is 0.270 e. The fraction of sp³-hybridized carbons (Fsp3) is 0.600. The fourth-order valence-electron chi connectivity index (χ4n) is 1.62. The third-order valence-electron chi connectivity index (χ3n) is 2.53. The monoisotopic (exact) mass is 226 g/mol. The Morgan fingerprint density at radius 3 is 3.33 bits per heavy atom. The van der Waals surface area contributed by atoms with Crippen molar-refractivity contribution in [3.63, 3.8) is 0 Å². The number of hydrogen-bond acceptors (Lipinski definition) is 4. The summed E-state index contributed by atoms with van der Waals surface area (Å²) in [6.45, 7) is 2.42. The molecule has 1 atom stereocenters. The third kappa shape index (κ3) is 3.00. The second kappa shape index (κ2) is 5.23. The van der Waals surface area contributed by atoms with Crippen LogP contribution >= 0.6 is 11.3 Å². The molecule has 1 fully saturated rings. The average molecular weight is 226 g/mol. The molecule has 0 saturated carbocycles. The van der Waals surface area contributed by atoms with Crippen molar-refractivity contribution in [2.24, 2.45) is 5.92 Å². The number of carbonyl (C=O) groups is 1. The van der Waals surface area contributed by atoms with E-state index in [1.54, 1.807) is 10.9 Å². The zero-order chi connectivity index (χ0) is 10.5. The first-order valence-electron chi connectivity index (χ1n) is 5.10. The van der Waals surface area contributed by atoms with Crippen LogP contribution in [0.3, 0.4) is 0 Å². The van der Waals surface area contributed by atoms with Crippen LogP contribution in [-0.4, -0.2) is 30.6 Å². The van der Waals surface area contributed by atoms with Gasteiger partial charge in [-0.1, -0.05) is 0 Å². The molecular weight excluding hydrogens is 212 g/mol. The van der Waals surface area contributed by atoms with E-state index in [0.29, 0.717) is 18.2 Å². The van der Waals surface area contributed by atoms with Crippen molar-refractivity contribution in [1.82, 2.24) is 10.3 Å². The lowest BCUT2D eigenvalue weighted by Gasteiger charge is -2.07. The number of nitrogens with zero attached hydrogens (tertiary/aromatic N) is 1. The smallest absolute Gasteiger partial charge is 0.270 e. The van der Waals surface area contributed by atoms with Gasteiger partial charge in [0.25, 0.3) is 5.91 Å². The number of ether oxygens (including phenoxy) is 1. The molecule has 2 rings (SSSR count). The SMILES string of the molecule is O=C(NCCC1CCOC1)c1cscn1. The molecular formula is C10H14N2O2S. The molecule has 1 aromatic heterocycles. The Morgan fingerprint density at radius 1 is 1.73 bits per heavy atom. The first-order chi connectivity index (χ1) is 7.36. The average Bonchev–Trinajstić information content (AvgIpc) is 2.90. The highest BCUT2D eigenvalue weighted by molar-refractivity contribution is 7.07. The van der Waals surface area contributed by atoms with Gasteiger partial charge in [0.05, 0.1) is 5.51 Å². The molecule has 1 aliphatic heterocycles. The van der Waals surface area contributed by atoms with Gasteiger partial charge in [0, 0.05) is 25.1 Å². The predicted molar refractivity (Wildman–Crippen MR) is 58.0 cm³/mol. The van der Waals surface area contributed by atoms with Gasteiger partial charge in [0.1, 0.15) is 5.69 Å². The van der Waals surface area contributed by atoms with Crippen LogP contribution in [-0.2, 0) is 4.74 Å². The lowest BCUT2D eigenvalue weighted by Crippen LogP contribution is -2.26. The van der Waals surface area contributed by atoms with Gasteiger partial charge in [0.15, 0.2) is 0 Å². The highest BCUT2D eigenvalue weighted by Crippen LogP contribution is 2.15. The van der Waals surface area contributed by atoms with Crippen LogP contribution in [0.2, 0.25) is 0 Å². The topological polar surface area (TPSA) is 51.2 Å². The molecule has 0 bridgehead atoms. The first kappa shape index (κ1) is 10.6. The number of nitrogens with one attached hydrogen (secondary N) is 1. The van der Waals surface area contributed by atoms with E-state index in [9.17, 15) is 4.79 Å². The number of amides is 1. The summed E-state index contributed by atoms with van der Waals surface area (Å²) >= 11 is 1.43. The van der Waals surface area contributed by atoms with E-state index in [1.807, 2.05) is 0 Å². The summed E-state index contributed by atoms with van der Waals surface area (Å²) in [5.74, 6) is 0.538. The number of aromatic nitrogens is 1. The van der Waals surface area contributed by atoms with Gasteiger partial charge in [-0.25, -0.2) is 4.98 Å². The minimum atomic E-state index is -0.0739. The molecule has 82 valence electrons. The standard InChI is InChI=1S/C10H14N2O2S/c13-10(9-6-15-7-12-9)11-3-1-8-2-4-14-5-8/h6-8H,1-5H2,(H,11,13). The Labute approximate surface area is 92.7 Å². The van der Waals surface area contributed by atoms with Gasteiger partial charge in [-0.15, -0.1) is 11.3 Å². The third-order valence-corrected chi connectivity index (χ3v) is 3.11. The van der Waals surface area contributed by atoms with E-state index < -0.39 is 0 Å². The van der Waals surface area contributed by atoms with Crippen molar-refractivity contribution in [3.8, 4) is 0 Å². The highest BCUT2D eigenvalue weighted by atomic mass is 32.1. The van der Waals surface area contributed by atoms with Gasteiger partial charge >= 0.3 is 0 Å². The number of rotatable bonds is 4. The Bertz CT molecular complexity index is 307. The van der Waals surface area contributed by atoms with E-state index >= 15 is 0 Å². The van der Waals surface area contributed by atoms with Gasteiger partial charge in [0.2, 0.25) is 0 Å². The maximum absolute atomic E-state index is 11.5. The molecule has 4 nitrogen and oxygen atoms in total. The van der Waals surface area contributed by atoms with Crippen molar-refractivity contribution in [3.05, 3.63) is 16.6 Å². The highest BCUT2D eigenvalue weighted by Gasteiger charge is 2.15. The van der Waals surface area contributed by atoms with Crippen molar-refractivity contribution >= 4 is 17.2 Å². The Kier molecular flexibility index (Phi) is 3.69. The van der Waals surface area contributed by atoms with Crippen LogP contribution in [0.4, 0.5) is 0 Å². The van der Waals surface area contributed by atoms with Crippen LogP contribution in [0.1, 0.15) is 23.3 Å². The van der Waals surface area contributed by atoms with Crippen LogP contribution in [0.15, 0.2) is 10.9 Å². The number of hydrogen-bond donors (Lipinski definition) is 1. The van der Waals surface area contributed by atoms with E-state index in [0.717, 1.165) is 26.1 Å². The molecule has 0 spiro atoms. The van der Waals surface area contributed by atoms with E-state index in [4.69, 9.17) is 4.74 Å². The quantitative estimate of drug-likeness (QED) is 0.842. The minimum Gasteiger partial charge on any atom is -0.381 e. The van der Waals surface area contributed by atoms with Crippen molar-refractivity contribution in [2.45, 2.75) is 12.8 Å². The van der Waals surface area contributed by atoms with Crippen LogP contribution < -0.4 is 5.32 Å². The Balaban J connectivity index is 1.67. The van der Waals surface area contributed by atoms with Crippen molar-refractivity contribution in [1.29, 1.82) is 0 Å². The van der Waals surface area contributed by atoms with Crippen LogP contribution in [0, 0.1) is 5.92 Å². The zero-order valence-corrected chi connectivity index (χ0v) is 9.26. The molecule has 0 aliphatic carbocycles. The van der Waals surface area contributed by atoms with Crippen molar-refractivity contribution in [2.75, 3.05) is 19.8 Å². The molecule has 2 heterocycles. The maximum atomic E-state index is 11.5. The van der Waals surface area contributed by atoms with E-state index in [-0.39, 0.29) is 5.91 Å². The summed E-state index contributed by atoms with van der Waals surface area (Å²) in [6, 6.07) is 0. The molecule has 1 amide bonds. The summed E-state index contributed by atoms with van der Waals surface area (Å²) in [5, 5.41) is 4.62. The molecule has 15 heavy (non-hydrogen) atoms. The lowest BCUT2D eigenvalue weighted by molar-refractivity contribution is 0.0946. The molecule has 1 aliphatic rings. The predicted octanol–water partition coefficient (Wildman–Crippen LogP) is 1.30. The number of carbonyl (C=O) groups excluding carboxylic acids is 1. The summed E-state index contributed by atoms with van der Waals surface area (Å²) in [5.41, 5.74) is 2.18. The van der Waals surface area contributed by atoms with Gasteiger partial charge in [-0.2, -0.15) is 0 Å². The zero-order valence-electron chi connectivity index (χ0n) is 8.44. The molecule has 1 N–H and O–H groups in total. The normalized spacial score (nSPS) is 20.4. The first-order valence-corrected chi connectivity index (χ1v) is 6.04. The summed E-state index contributed by atoms with van der Waals surface area (Å²) in [6.07, 6.45) is 2.11. The summed E-state index contributed by atoms with van der Waals surface area (Å²) in [7, 11) is 0. The largest absolute Gasteiger partial charge is 0.381 e.